The summed E-state index contributed by atoms with van der Waals surface area (Å²) in [4.78, 5) is 22.2. The average Bonchev–Trinajstić information content (AvgIpc) is 4.40. The molecule has 0 spiro atoms. The van der Waals surface area contributed by atoms with Crippen molar-refractivity contribution in [2.75, 3.05) is 0 Å². The second-order valence-electron chi connectivity index (χ2n) is 18.6. The first-order valence-electron chi connectivity index (χ1n) is 25.6. The number of hydrogen-bond acceptors (Lipinski definition) is 0. The second-order valence-corrected chi connectivity index (χ2v) is 21.0. The van der Waals surface area contributed by atoms with Crippen molar-refractivity contribution >= 4 is 46.4 Å². The zero-order valence-electron chi connectivity index (χ0n) is 42.2. The molecule has 0 saturated heterocycles. The molecule has 13 rings (SSSR count). The van der Waals surface area contributed by atoms with E-state index in [0.717, 1.165) is 136 Å². The van der Waals surface area contributed by atoms with Crippen LogP contribution in [0.15, 0.2) is 267 Å². The van der Waals surface area contributed by atoms with Crippen LogP contribution in [-0.2, 0) is 17.1 Å². The summed E-state index contributed by atoms with van der Waals surface area (Å²) in [5, 5.41) is 0. The van der Waals surface area contributed by atoms with Crippen LogP contribution in [0.3, 0.4) is 0 Å². The fourth-order valence-electron chi connectivity index (χ4n) is 10.5. The van der Waals surface area contributed by atoms with Crippen LogP contribution in [0.5, 0.6) is 0 Å². The maximum Gasteiger partial charge on any atom is 0.137 e. The number of fused-ring (bicyclic) bond motifs is 8. The first kappa shape index (κ1) is 53.1. The molecule has 385 valence electrons. The molecular formula is C70H46Cl4CuN4. The van der Waals surface area contributed by atoms with Crippen molar-refractivity contribution in [2.45, 2.75) is 9.67 Å². The molecule has 4 aromatic heterocycles. The third kappa shape index (κ3) is 10.7. The fourth-order valence-corrected chi connectivity index (χ4v) is 10.5. The molecule has 0 saturated carbocycles. The Bertz CT molecular complexity index is 3370. The van der Waals surface area contributed by atoms with Gasteiger partial charge in [0.25, 0.3) is 0 Å². The average molecular weight is 1150 g/mol. The molecule has 0 N–H and O–H groups in total. The van der Waals surface area contributed by atoms with E-state index < -0.39 is 9.67 Å². The zero-order chi connectivity index (χ0) is 53.0. The van der Waals surface area contributed by atoms with Gasteiger partial charge in [-0.05, 0) is 167 Å². The third-order valence-electron chi connectivity index (χ3n) is 13.8. The van der Waals surface area contributed by atoms with Gasteiger partial charge in [0.2, 0.25) is 0 Å². The number of hydrogen-bond donors (Lipinski definition) is 0. The molecule has 5 heterocycles. The SMILES string of the molecule is ClC(Cl)C(Cl)Cl.[Cu].c1ccc(-c2c3[n-]c(c2-c2ccccc2)[C+](c2ccccc2)c2ccc([n-]2)[C+](c2ccccc2)c2[n-]c(c(-c4ccccc4)c2-c2ccccc2)[C+](c2ccccc2)c2ccc([n-]2)[C+]3c2ccccc2)cc1. The number of benzene rings is 8. The molecule has 0 unspecified atom stereocenters. The predicted molar refractivity (Wildman–Crippen MR) is 320 cm³/mol. The summed E-state index contributed by atoms with van der Waals surface area (Å²) in [6.07, 6.45) is 0. The van der Waals surface area contributed by atoms with Crippen molar-refractivity contribution in [1.82, 2.24) is 19.9 Å². The fraction of sp³-hybridized carbons (Fsp3) is 0.0286. The molecule has 79 heavy (non-hydrogen) atoms. The van der Waals surface area contributed by atoms with Crippen LogP contribution in [0.2, 0.25) is 0 Å². The molecule has 0 aliphatic carbocycles. The minimum atomic E-state index is -0.673. The van der Waals surface area contributed by atoms with Crippen LogP contribution < -0.4 is 19.9 Å². The van der Waals surface area contributed by atoms with Gasteiger partial charge in [0.05, 0.1) is 44.5 Å². The van der Waals surface area contributed by atoms with Crippen molar-refractivity contribution < 1.29 is 17.1 Å². The molecular weight excluding hydrogens is 1100 g/mol. The summed E-state index contributed by atoms with van der Waals surface area (Å²) in [7, 11) is 0. The minimum Gasteiger partial charge on any atom is -0.628 e. The van der Waals surface area contributed by atoms with Gasteiger partial charge in [-0.15, -0.1) is 46.4 Å². The van der Waals surface area contributed by atoms with Gasteiger partial charge in [-0.2, -0.15) is 0 Å². The maximum atomic E-state index is 5.97. The quantitative estimate of drug-likeness (QED) is 0.0821. The summed E-state index contributed by atoms with van der Waals surface area (Å²) in [6, 6.07) is 93.9. The molecule has 0 amide bonds. The van der Waals surface area contributed by atoms with Crippen molar-refractivity contribution in [3.63, 3.8) is 0 Å². The van der Waals surface area contributed by atoms with Gasteiger partial charge in [-0.1, -0.05) is 72.8 Å². The normalized spacial score (nSPS) is 12.1. The standard InChI is InChI=1S/C68H44N4.C2H2Cl4.Cu/c1-9-25-45(26-10-1)57-53-41-42-54(69-53)58(46-27-11-2-12-28-46)67-63(51-37-21-7-22-38-51)64(52-39-23-8-24-40-52)68(72-67)60(48-31-15-4-16-32-48)56-44-43-55(70-56)59(47-29-13-3-14-30-47)66-62(50-35-19-6-20-36-50)61(65(57)71-66)49-33-17-5-18-34-49;3-1(4)2(5)6;/h1-44H;1-2H;. The van der Waals surface area contributed by atoms with Gasteiger partial charge in [-0.25, -0.2) is 0 Å². The van der Waals surface area contributed by atoms with E-state index in [4.69, 9.17) is 66.3 Å². The molecule has 12 aromatic rings. The van der Waals surface area contributed by atoms with Crippen LogP contribution >= 0.6 is 46.4 Å². The summed E-state index contributed by atoms with van der Waals surface area (Å²) in [6.45, 7) is 0. The van der Waals surface area contributed by atoms with Crippen molar-refractivity contribution in [2.24, 2.45) is 0 Å². The van der Waals surface area contributed by atoms with Gasteiger partial charge in [-0.3, -0.25) is 0 Å². The number of nitrogens with zero attached hydrogens (tertiary/aromatic N) is 4. The van der Waals surface area contributed by atoms with Gasteiger partial charge in [0, 0.05) is 136 Å². The van der Waals surface area contributed by atoms with Crippen molar-refractivity contribution in [3.05, 3.63) is 358 Å². The molecule has 8 bridgehead atoms. The summed E-state index contributed by atoms with van der Waals surface area (Å²) >= 11 is 20.5. The molecule has 0 fully saturated rings. The smallest absolute Gasteiger partial charge is 0.137 e. The van der Waals surface area contributed by atoms with E-state index in [1.165, 1.54) is 0 Å². The Balaban J connectivity index is 0.000000895. The number of alkyl halides is 4. The molecule has 9 heteroatoms. The molecule has 0 atom stereocenters. The zero-order valence-corrected chi connectivity index (χ0v) is 46.1. The Morgan fingerprint density at radius 3 is 0.582 bits per heavy atom. The summed E-state index contributed by atoms with van der Waals surface area (Å²) in [5.41, 5.74) is 18.9. The van der Waals surface area contributed by atoms with E-state index in [1.807, 2.05) is 0 Å². The number of halogens is 4. The van der Waals surface area contributed by atoms with Gasteiger partial charge >= 0.3 is 0 Å². The predicted octanol–water partition coefficient (Wildman–Crippen LogP) is 17.2. The summed E-state index contributed by atoms with van der Waals surface area (Å²) in [5.74, 6) is 3.71. The van der Waals surface area contributed by atoms with Gasteiger partial charge in [0.15, 0.2) is 0 Å². The van der Waals surface area contributed by atoms with E-state index in [1.54, 1.807) is 0 Å². The van der Waals surface area contributed by atoms with Crippen LogP contribution in [0.1, 0.15) is 67.8 Å². The summed E-state index contributed by atoms with van der Waals surface area (Å²) < 4.78 is 0. The second kappa shape index (κ2) is 24.0. The number of aromatic nitrogens is 4. The molecule has 8 aromatic carbocycles. The van der Waals surface area contributed by atoms with Crippen molar-refractivity contribution in [3.8, 4) is 44.5 Å². The third-order valence-corrected chi connectivity index (χ3v) is 15.4. The topological polar surface area (TPSA) is 56.4 Å². The Labute approximate surface area is 492 Å². The first-order chi connectivity index (χ1) is 38.4. The Morgan fingerprint density at radius 2 is 0.405 bits per heavy atom. The van der Waals surface area contributed by atoms with Crippen LogP contribution in [-0.4, -0.2) is 9.67 Å². The Hall–Kier alpha value is -7.96. The molecule has 1 radical (unpaired) electrons. The number of rotatable bonds is 9. The van der Waals surface area contributed by atoms with Crippen molar-refractivity contribution in [1.29, 1.82) is 0 Å². The van der Waals surface area contributed by atoms with E-state index in [0.29, 0.717) is 0 Å². The van der Waals surface area contributed by atoms with E-state index in [-0.39, 0.29) is 17.1 Å². The van der Waals surface area contributed by atoms with E-state index in [2.05, 4.69) is 267 Å². The molecule has 4 nitrogen and oxygen atoms in total. The van der Waals surface area contributed by atoms with Crippen LogP contribution in [0, 0.1) is 23.7 Å². The van der Waals surface area contributed by atoms with E-state index in [9.17, 15) is 0 Å². The Morgan fingerprint density at radius 1 is 0.228 bits per heavy atom. The molecule has 1 aliphatic rings. The Kier molecular flexibility index (Phi) is 16.1. The monoisotopic (exact) mass is 1150 g/mol. The first-order valence-corrected chi connectivity index (χ1v) is 27.3. The largest absolute Gasteiger partial charge is 0.628 e. The van der Waals surface area contributed by atoms with E-state index >= 15 is 0 Å². The maximum absolute atomic E-state index is 5.97. The van der Waals surface area contributed by atoms with Gasteiger partial charge in [0.1, 0.15) is 9.67 Å². The van der Waals surface area contributed by atoms with Gasteiger partial charge < -0.3 is 19.9 Å². The molecule has 1 aliphatic heterocycles. The van der Waals surface area contributed by atoms with Crippen LogP contribution in [0.25, 0.3) is 44.5 Å². The minimum absolute atomic E-state index is 0. The van der Waals surface area contributed by atoms with Crippen LogP contribution in [0.4, 0.5) is 0 Å².